The molecule has 1 atom stereocenters. The number of hydrogen-bond donors (Lipinski definition) is 2. The number of nitrogens with zero attached hydrogens (tertiary/aromatic N) is 2. The fourth-order valence-electron chi connectivity index (χ4n) is 1.86. The van der Waals surface area contributed by atoms with Crippen LogP contribution in [0.3, 0.4) is 0 Å². The van der Waals surface area contributed by atoms with Crippen molar-refractivity contribution in [3.63, 3.8) is 0 Å². The minimum absolute atomic E-state index is 0. The van der Waals surface area contributed by atoms with Crippen molar-refractivity contribution in [1.29, 1.82) is 0 Å². The van der Waals surface area contributed by atoms with Gasteiger partial charge in [-0.2, -0.15) is 0 Å². The Balaban J connectivity index is 0.00000400. The lowest BCUT2D eigenvalue weighted by Crippen LogP contribution is -2.40. The number of aryl methyl sites for hydroxylation is 2. The molecule has 0 aliphatic carbocycles. The van der Waals surface area contributed by atoms with Crippen LogP contribution in [0, 0.1) is 12.8 Å². The molecule has 120 valence electrons. The highest BCUT2D eigenvalue weighted by atomic mass is 16.2. The number of amides is 1. The summed E-state index contributed by atoms with van der Waals surface area (Å²) < 4.78 is 0. The summed E-state index contributed by atoms with van der Waals surface area (Å²) in [4.78, 5) is 20.4. The number of carbonyl (C=O) groups is 1. The van der Waals surface area contributed by atoms with Crippen molar-refractivity contribution >= 4 is 11.9 Å². The molecule has 0 spiro atoms. The van der Waals surface area contributed by atoms with Crippen LogP contribution in [0.1, 0.15) is 51.3 Å². The van der Waals surface area contributed by atoms with E-state index in [2.05, 4.69) is 22.2 Å². The number of nitrogens with one attached hydrogen (secondary N) is 1. The first-order valence-electron chi connectivity index (χ1n) is 7.34. The van der Waals surface area contributed by atoms with Gasteiger partial charge in [-0.3, -0.25) is 10.1 Å². The van der Waals surface area contributed by atoms with Gasteiger partial charge in [-0.1, -0.05) is 33.6 Å². The first kappa shape index (κ1) is 19.5. The van der Waals surface area contributed by atoms with E-state index in [4.69, 9.17) is 5.73 Å². The summed E-state index contributed by atoms with van der Waals surface area (Å²) in [6, 6.07) is -0.539. The predicted octanol–water partition coefficient (Wildman–Crippen LogP) is 1.61. The van der Waals surface area contributed by atoms with E-state index in [0.29, 0.717) is 5.95 Å². The standard InChI is InChI=1S/C15H26N4O.H2O/c1-5-6-7-8-12-9-17-15(18-11(12)4)19-14(20)13(16)10(2)3;/h9-10,13H,5-8,16H2,1-4H3,(H,17,18,19,20);1H2. The van der Waals surface area contributed by atoms with E-state index in [1.165, 1.54) is 12.8 Å². The van der Waals surface area contributed by atoms with Gasteiger partial charge >= 0.3 is 0 Å². The maximum absolute atomic E-state index is 11.8. The average Bonchev–Trinajstić information content (AvgIpc) is 2.40. The second kappa shape index (κ2) is 9.41. The second-order valence-electron chi connectivity index (χ2n) is 5.52. The van der Waals surface area contributed by atoms with Crippen molar-refractivity contribution < 1.29 is 10.3 Å². The van der Waals surface area contributed by atoms with E-state index in [-0.39, 0.29) is 17.3 Å². The molecule has 0 bridgehead atoms. The second-order valence-corrected chi connectivity index (χ2v) is 5.52. The predicted molar refractivity (Wildman–Crippen MR) is 85.1 cm³/mol. The lowest BCUT2D eigenvalue weighted by molar-refractivity contribution is -0.118. The lowest BCUT2D eigenvalue weighted by Gasteiger charge is -2.15. The largest absolute Gasteiger partial charge is 0.412 e. The van der Waals surface area contributed by atoms with E-state index in [1.54, 1.807) is 6.20 Å². The van der Waals surface area contributed by atoms with Gasteiger partial charge in [0, 0.05) is 11.9 Å². The Morgan fingerprint density at radius 3 is 2.57 bits per heavy atom. The molecule has 0 aromatic carbocycles. The average molecular weight is 296 g/mol. The zero-order chi connectivity index (χ0) is 15.1. The van der Waals surface area contributed by atoms with Crippen molar-refractivity contribution in [3.8, 4) is 0 Å². The number of aromatic nitrogens is 2. The minimum Gasteiger partial charge on any atom is -0.412 e. The number of hydrogen-bond acceptors (Lipinski definition) is 4. The van der Waals surface area contributed by atoms with E-state index >= 15 is 0 Å². The molecule has 1 amide bonds. The quantitative estimate of drug-likeness (QED) is 0.744. The van der Waals surface area contributed by atoms with Gasteiger partial charge in [0.25, 0.3) is 0 Å². The van der Waals surface area contributed by atoms with Gasteiger partial charge in [0.05, 0.1) is 6.04 Å². The topological polar surface area (TPSA) is 112 Å². The Hall–Kier alpha value is -1.53. The van der Waals surface area contributed by atoms with E-state index in [9.17, 15) is 4.79 Å². The highest BCUT2D eigenvalue weighted by molar-refractivity contribution is 5.93. The Kier molecular flexibility index (Phi) is 8.73. The molecule has 5 N–H and O–H groups in total. The summed E-state index contributed by atoms with van der Waals surface area (Å²) in [6.07, 6.45) is 6.33. The van der Waals surface area contributed by atoms with Gasteiger partial charge in [0.2, 0.25) is 11.9 Å². The number of unbranched alkanes of at least 4 members (excludes halogenated alkanes) is 2. The normalized spacial score (nSPS) is 11.9. The third-order valence-electron chi connectivity index (χ3n) is 3.39. The van der Waals surface area contributed by atoms with Gasteiger partial charge in [-0.05, 0) is 31.2 Å². The zero-order valence-corrected chi connectivity index (χ0v) is 13.4. The van der Waals surface area contributed by atoms with Crippen LogP contribution in [0.4, 0.5) is 5.95 Å². The molecule has 6 nitrogen and oxygen atoms in total. The fourth-order valence-corrected chi connectivity index (χ4v) is 1.86. The van der Waals surface area contributed by atoms with Crippen molar-refractivity contribution in [2.45, 2.75) is 59.4 Å². The summed E-state index contributed by atoms with van der Waals surface area (Å²) >= 11 is 0. The van der Waals surface area contributed by atoms with Crippen LogP contribution >= 0.6 is 0 Å². The zero-order valence-electron chi connectivity index (χ0n) is 13.4. The summed E-state index contributed by atoms with van der Waals surface area (Å²) in [7, 11) is 0. The van der Waals surface area contributed by atoms with E-state index < -0.39 is 6.04 Å². The summed E-state index contributed by atoms with van der Waals surface area (Å²) in [5, 5.41) is 2.67. The van der Waals surface area contributed by atoms with Crippen LogP contribution in [-0.4, -0.2) is 27.4 Å². The van der Waals surface area contributed by atoms with Crippen LogP contribution in [-0.2, 0) is 11.2 Å². The van der Waals surface area contributed by atoms with Gasteiger partial charge in [0.1, 0.15) is 0 Å². The van der Waals surface area contributed by atoms with Crippen LogP contribution in [0.25, 0.3) is 0 Å². The lowest BCUT2D eigenvalue weighted by atomic mass is 10.1. The summed E-state index contributed by atoms with van der Waals surface area (Å²) in [5.41, 5.74) is 7.85. The number of anilines is 1. The Morgan fingerprint density at radius 1 is 1.38 bits per heavy atom. The molecular formula is C15H28N4O2. The van der Waals surface area contributed by atoms with Crippen molar-refractivity contribution in [2.24, 2.45) is 11.7 Å². The van der Waals surface area contributed by atoms with Crippen LogP contribution < -0.4 is 11.1 Å². The summed E-state index contributed by atoms with van der Waals surface area (Å²) in [6.45, 7) is 7.95. The Bertz CT molecular complexity index is 449. The monoisotopic (exact) mass is 296 g/mol. The molecular weight excluding hydrogens is 268 g/mol. The van der Waals surface area contributed by atoms with Gasteiger partial charge in [0.15, 0.2) is 0 Å². The molecule has 0 saturated heterocycles. The maximum Gasteiger partial charge on any atom is 0.243 e. The van der Waals surface area contributed by atoms with Crippen LogP contribution in [0.2, 0.25) is 0 Å². The number of nitrogens with two attached hydrogens (primary N) is 1. The van der Waals surface area contributed by atoms with E-state index in [0.717, 1.165) is 24.1 Å². The number of carbonyl (C=O) groups excluding carboxylic acids is 1. The molecule has 0 aliphatic rings. The first-order valence-corrected chi connectivity index (χ1v) is 7.34. The highest BCUT2D eigenvalue weighted by Crippen LogP contribution is 2.12. The van der Waals surface area contributed by atoms with Gasteiger partial charge < -0.3 is 11.2 Å². The Labute approximate surface area is 126 Å². The molecule has 1 heterocycles. The van der Waals surface area contributed by atoms with Gasteiger partial charge in [-0.25, -0.2) is 9.97 Å². The third kappa shape index (κ3) is 6.18. The van der Waals surface area contributed by atoms with Crippen LogP contribution in [0.5, 0.6) is 0 Å². The Morgan fingerprint density at radius 2 is 2.05 bits per heavy atom. The molecule has 0 aliphatic heterocycles. The van der Waals surface area contributed by atoms with Crippen molar-refractivity contribution in [2.75, 3.05) is 5.32 Å². The molecule has 1 unspecified atom stereocenters. The molecule has 6 heteroatoms. The SMILES string of the molecule is CCCCCc1cnc(NC(=O)C(N)C(C)C)nc1C.O. The molecule has 21 heavy (non-hydrogen) atoms. The number of rotatable bonds is 7. The third-order valence-corrected chi connectivity index (χ3v) is 3.39. The van der Waals surface area contributed by atoms with Crippen molar-refractivity contribution in [1.82, 2.24) is 9.97 Å². The van der Waals surface area contributed by atoms with Crippen LogP contribution in [0.15, 0.2) is 6.20 Å². The summed E-state index contributed by atoms with van der Waals surface area (Å²) in [5.74, 6) is 0.186. The maximum atomic E-state index is 11.8. The highest BCUT2D eigenvalue weighted by Gasteiger charge is 2.18. The minimum atomic E-state index is -0.539. The van der Waals surface area contributed by atoms with Crippen molar-refractivity contribution in [3.05, 3.63) is 17.5 Å². The molecule has 0 fully saturated rings. The smallest absolute Gasteiger partial charge is 0.243 e. The molecule has 0 saturated carbocycles. The molecule has 1 aromatic heterocycles. The van der Waals surface area contributed by atoms with Gasteiger partial charge in [-0.15, -0.1) is 0 Å². The van der Waals surface area contributed by atoms with E-state index in [1.807, 2.05) is 20.8 Å². The fraction of sp³-hybridized carbons (Fsp3) is 0.667. The molecule has 1 aromatic rings. The molecule has 0 radical (unpaired) electrons. The first-order chi connectivity index (χ1) is 9.45. The molecule has 1 rings (SSSR count).